The number of nitrogens with one attached hydrogen (secondary N) is 1. The van der Waals surface area contributed by atoms with Gasteiger partial charge in [-0.25, -0.2) is 0 Å². The van der Waals surface area contributed by atoms with E-state index >= 15 is 0 Å². The van der Waals surface area contributed by atoms with Crippen LogP contribution in [0.2, 0.25) is 0 Å². The highest BCUT2D eigenvalue weighted by Crippen LogP contribution is 2.04. The Hall–Kier alpha value is -1.02. The molecule has 0 saturated heterocycles. The molecule has 0 aromatic carbocycles. The predicted octanol–water partition coefficient (Wildman–Crippen LogP) is 1.23. The lowest BCUT2D eigenvalue weighted by Crippen LogP contribution is -2.19. The topological polar surface area (TPSA) is 21.3 Å². The molecular weight excluding hydrogens is 138 g/mol. The Morgan fingerprint density at radius 2 is 2.27 bits per heavy atom. The van der Waals surface area contributed by atoms with Gasteiger partial charge in [0.2, 0.25) is 0 Å². The molecule has 0 radical (unpaired) electrons. The van der Waals surface area contributed by atoms with Crippen LogP contribution in [0.3, 0.4) is 0 Å². The number of likely N-dealkylation sites (N-methyl/N-ethyl adjacent to an activating group) is 1. The lowest BCUT2D eigenvalue weighted by atomic mass is 10.3. The van der Waals surface area contributed by atoms with Crippen molar-refractivity contribution in [2.24, 2.45) is 0 Å². The molecule has 0 aromatic heterocycles. The SMILES string of the molecule is CNC1C=CC=C(OC)C=C1. The van der Waals surface area contributed by atoms with Crippen LogP contribution in [-0.2, 0) is 4.74 Å². The van der Waals surface area contributed by atoms with Gasteiger partial charge in [0.25, 0.3) is 0 Å². The summed E-state index contributed by atoms with van der Waals surface area (Å²) in [5.74, 6) is 0.888. The Morgan fingerprint density at radius 1 is 1.45 bits per heavy atom. The Morgan fingerprint density at radius 3 is 2.91 bits per heavy atom. The van der Waals surface area contributed by atoms with Gasteiger partial charge in [-0.15, -0.1) is 0 Å². The molecule has 2 nitrogen and oxygen atoms in total. The van der Waals surface area contributed by atoms with Crippen molar-refractivity contribution < 1.29 is 4.74 Å². The molecule has 1 N–H and O–H groups in total. The molecule has 0 heterocycles. The van der Waals surface area contributed by atoms with Gasteiger partial charge in [0.1, 0.15) is 5.76 Å². The van der Waals surface area contributed by atoms with Crippen LogP contribution in [0, 0.1) is 0 Å². The van der Waals surface area contributed by atoms with Gasteiger partial charge < -0.3 is 10.1 Å². The van der Waals surface area contributed by atoms with Gasteiger partial charge in [0.05, 0.1) is 7.11 Å². The third-order valence-corrected chi connectivity index (χ3v) is 1.62. The number of ether oxygens (including phenoxy) is 1. The first-order chi connectivity index (χ1) is 5.36. The fourth-order valence-electron chi connectivity index (χ4n) is 0.917. The number of allylic oxidation sites excluding steroid dienone is 3. The van der Waals surface area contributed by atoms with Crippen molar-refractivity contribution in [3.05, 3.63) is 36.1 Å². The van der Waals surface area contributed by atoms with Gasteiger partial charge in [-0.3, -0.25) is 0 Å². The number of rotatable bonds is 2. The second kappa shape index (κ2) is 3.98. The fraction of sp³-hybridized carbons (Fsp3) is 0.333. The number of methoxy groups -OCH3 is 1. The minimum atomic E-state index is 0.318. The molecule has 0 aliphatic heterocycles. The lowest BCUT2D eigenvalue weighted by Gasteiger charge is -2.02. The van der Waals surface area contributed by atoms with Gasteiger partial charge in [-0.05, 0) is 19.2 Å². The molecule has 1 aliphatic carbocycles. The van der Waals surface area contributed by atoms with E-state index in [1.54, 1.807) is 7.11 Å². The number of hydrogen-bond acceptors (Lipinski definition) is 2. The molecule has 2 heteroatoms. The van der Waals surface area contributed by atoms with Crippen molar-refractivity contribution in [2.75, 3.05) is 14.2 Å². The maximum Gasteiger partial charge on any atom is 0.118 e. The summed E-state index contributed by atoms with van der Waals surface area (Å²) in [4.78, 5) is 0. The Labute approximate surface area is 67.2 Å². The van der Waals surface area contributed by atoms with Crippen molar-refractivity contribution in [3.63, 3.8) is 0 Å². The first kappa shape index (κ1) is 8.08. The van der Waals surface area contributed by atoms with E-state index in [9.17, 15) is 0 Å². The van der Waals surface area contributed by atoms with E-state index in [-0.39, 0.29) is 0 Å². The van der Waals surface area contributed by atoms with E-state index in [1.165, 1.54) is 0 Å². The molecule has 0 amide bonds. The summed E-state index contributed by atoms with van der Waals surface area (Å²) in [5, 5.41) is 3.13. The lowest BCUT2D eigenvalue weighted by molar-refractivity contribution is 0.307. The molecule has 11 heavy (non-hydrogen) atoms. The quantitative estimate of drug-likeness (QED) is 0.641. The molecule has 0 spiro atoms. The summed E-state index contributed by atoms with van der Waals surface area (Å²) in [7, 11) is 3.60. The number of hydrogen-bond donors (Lipinski definition) is 1. The fourth-order valence-corrected chi connectivity index (χ4v) is 0.917. The third-order valence-electron chi connectivity index (χ3n) is 1.62. The predicted molar refractivity (Wildman–Crippen MR) is 46.2 cm³/mol. The van der Waals surface area contributed by atoms with E-state index in [0.29, 0.717) is 6.04 Å². The average Bonchev–Trinajstić information content (AvgIpc) is 2.28. The summed E-state index contributed by atoms with van der Waals surface area (Å²) in [5.41, 5.74) is 0. The molecule has 0 saturated carbocycles. The molecule has 1 atom stereocenters. The monoisotopic (exact) mass is 151 g/mol. The van der Waals surface area contributed by atoms with Crippen LogP contribution < -0.4 is 5.32 Å². The zero-order valence-corrected chi connectivity index (χ0v) is 6.87. The van der Waals surface area contributed by atoms with Crippen molar-refractivity contribution in [3.8, 4) is 0 Å². The van der Waals surface area contributed by atoms with Gasteiger partial charge >= 0.3 is 0 Å². The van der Waals surface area contributed by atoms with Crippen LogP contribution in [0.25, 0.3) is 0 Å². The van der Waals surface area contributed by atoms with E-state index in [0.717, 1.165) is 5.76 Å². The highest BCUT2D eigenvalue weighted by molar-refractivity contribution is 5.26. The molecule has 1 aliphatic rings. The first-order valence-corrected chi connectivity index (χ1v) is 3.65. The maximum absolute atomic E-state index is 5.06. The second-order valence-electron chi connectivity index (χ2n) is 2.33. The first-order valence-electron chi connectivity index (χ1n) is 3.65. The van der Waals surface area contributed by atoms with Crippen LogP contribution in [0.4, 0.5) is 0 Å². The average molecular weight is 151 g/mol. The zero-order chi connectivity index (χ0) is 8.10. The maximum atomic E-state index is 5.06. The van der Waals surface area contributed by atoms with E-state index in [2.05, 4.69) is 17.5 Å². The highest BCUT2D eigenvalue weighted by Gasteiger charge is 1.98. The van der Waals surface area contributed by atoms with E-state index < -0.39 is 0 Å². The van der Waals surface area contributed by atoms with Gasteiger partial charge in [-0.1, -0.05) is 18.2 Å². The molecule has 0 aromatic rings. The van der Waals surface area contributed by atoms with Crippen LogP contribution in [0.5, 0.6) is 0 Å². The van der Waals surface area contributed by atoms with Gasteiger partial charge in [0.15, 0.2) is 0 Å². The summed E-state index contributed by atoms with van der Waals surface area (Å²) in [6, 6.07) is 0.318. The minimum Gasteiger partial charge on any atom is -0.497 e. The minimum absolute atomic E-state index is 0.318. The smallest absolute Gasteiger partial charge is 0.118 e. The van der Waals surface area contributed by atoms with Gasteiger partial charge in [-0.2, -0.15) is 0 Å². The van der Waals surface area contributed by atoms with Crippen molar-refractivity contribution in [1.29, 1.82) is 0 Å². The van der Waals surface area contributed by atoms with E-state index in [4.69, 9.17) is 4.74 Å². The summed E-state index contributed by atoms with van der Waals surface area (Å²) >= 11 is 0. The van der Waals surface area contributed by atoms with Crippen molar-refractivity contribution in [1.82, 2.24) is 5.32 Å². The molecule has 0 fully saturated rings. The molecule has 0 bridgehead atoms. The van der Waals surface area contributed by atoms with Gasteiger partial charge in [0, 0.05) is 6.04 Å². The zero-order valence-electron chi connectivity index (χ0n) is 6.87. The standard InChI is InChI=1S/C9H13NO/c1-10-8-4-3-5-9(11-2)7-6-8/h3-8,10H,1-2H3. The molecule has 60 valence electrons. The summed E-state index contributed by atoms with van der Waals surface area (Å²) < 4.78 is 5.06. The Kier molecular flexibility index (Phi) is 2.93. The van der Waals surface area contributed by atoms with Crippen LogP contribution in [0.1, 0.15) is 0 Å². The molecular formula is C9H13NO. The molecule has 1 unspecified atom stereocenters. The van der Waals surface area contributed by atoms with E-state index in [1.807, 2.05) is 25.3 Å². The van der Waals surface area contributed by atoms with Crippen molar-refractivity contribution in [2.45, 2.75) is 6.04 Å². The Bertz CT molecular complexity index is 204. The van der Waals surface area contributed by atoms with Crippen molar-refractivity contribution >= 4 is 0 Å². The Balaban J connectivity index is 2.66. The highest BCUT2D eigenvalue weighted by atomic mass is 16.5. The summed E-state index contributed by atoms with van der Waals surface area (Å²) in [6.07, 6.45) is 10.0. The van der Waals surface area contributed by atoms with Crippen LogP contribution in [0.15, 0.2) is 36.1 Å². The second-order valence-corrected chi connectivity index (χ2v) is 2.33. The third kappa shape index (κ3) is 2.24. The van der Waals surface area contributed by atoms with Crippen LogP contribution in [-0.4, -0.2) is 20.2 Å². The van der Waals surface area contributed by atoms with Crippen LogP contribution >= 0.6 is 0 Å². The molecule has 1 rings (SSSR count). The largest absolute Gasteiger partial charge is 0.497 e. The normalized spacial score (nSPS) is 22.7. The summed E-state index contributed by atoms with van der Waals surface area (Å²) in [6.45, 7) is 0.